The Labute approximate surface area is 119 Å². The molecule has 1 aliphatic rings. The number of ether oxygens (including phenoxy) is 1. The molecule has 0 bridgehead atoms. The molecule has 2 atom stereocenters. The predicted octanol–water partition coefficient (Wildman–Crippen LogP) is 4.08. The molecule has 4 heteroatoms. The Kier molecular flexibility index (Phi) is 4.77. The fourth-order valence-electron chi connectivity index (χ4n) is 2.45. The van der Waals surface area contributed by atoms with Gasteiger partial charge in [0.2, 0.25) is 0 Å². The van der Waals surface area contributed by atoms with Crippen molar-refractivity contribution >= 4 is 28.9 Å². The van der Waals surface area contributed by atoms with Crippen LogP contribution in [0.3, 0.4) is 0 Å². The van der Waals surface area contributed by atoms with Crippen molar-refractivity contribution in [3.63, 3.8) is 0 Å². The maximum absolute atomic E-state index is 6.37. The molecule has 1 aliphatic heterocycles. The van der Waals surface area contributed by atoms with Crippen molar-refractivity contribution in [3.8, 4) is 0 Å². The van der Waals surface area contributed by atoms with Crippen molar-refractivity contribution in [1.29, 1.82) is 0 Å². The number of alkyl halides is 1. The lowest BCUT2D eigenvalue weighted by atomic mass is 10.1. The van der Waals surface area contributed by atoms with Gasteiger partial charge >= 0.3 is 0 Å². The smallest absolute Gasteiger partial charge is 0.0723 e. The summed E-state index contributed by atoms with van der Waals surface area (Å²) >= 11 is 12.4. The van der Waals surface area contributed by atoms with Gasteiger partial charge in [-0.3, -0.25) is 0 Å². The molecule has 100 valence electrons. The summed E-state index contributed by atoms with van der Waals surface area (Å²) in [6.45, 7) is 5.89. The van der Waals surface area contributed by atoms with Crippen molar-refractivity contribution in [1.82, 2.24) is 0 Å². The van der Waals surface area contributed by atoms with Crippen LogP contribution in [0.15, 0.2) is 18.2 Å². The van der Waals surface area contributed by atoms with E-state index >= 15 is 0 Å². The third-order valence-corrected chi connectivity index (χ3v) is 4.03. The van der Waals surface area contributed by atoms with Crippen LogP contribution in [-0.2, 0) is 10.6 Å². The number of hydrogen-bond donors (Lipinski definition) is 0. The van der Waals surface area contributed by atoms with Gasteiger partial charge in [-0.2, -0.15) is 0 Å². The summed E-state index contributed by atoms with van der Waals surface area (Å²) < 4.78 is 5.73. The molecule has 0 amide bonds. The number of benzene rings is 1. The molecule has 1 aromatic carbocycles. The van der Waals surface area contributed by atoms with E-state index in [-0.39, 0.29) is 6.10 Å². The van der Waals surface area contributed by atoms with Gasteiger partial charge in [0.05, 0.1) is 29.5 Å². The van der Waals surface area contributed by atoms with Crippen LogP contribution in [0.1, 0.15) is 25.8 Å². The molecule has 0 radical (unpaired) electrons. The first kappa shape index (κ1) is 14.0. The van der Waals surface area contributed by atoms with Gasteiger partial charge in [-0.1, -0.05) is 30.7 Å². The minimum absolute atomic E-state index is 0.229. The van der Waals surface area contributed by atoms with E-state index in [1.807, 2.05) is 18.2 Å². The Morgan fingerprint density at radius 1 is 1.44 bits per heavy atom. The summed E-state index contributed by atoms with van der Waals surface area (Å²) in [7, 11) is 0. The number of morpholine rings is 1. The van der Waals surface area contributed by atoms with Gasteiger partial charge in [0.25, 0.3) is 0 Å². The van der Waals surface area contributed by atoms with Crippen molar-refractivity contribution in [2.24, 2.45) is 0 Å². The standard InChI is InChI=1S/C14H19Cl2NO/c1-3-12-9-18-10(2)8-17(12)14-11(7-15)5-4-6-13(14)16/h4-6,10,12H,3,7-9H2,1-2H3. The quantitative estimate of drug-likeness (QED) is 0.777. The van der Waals surface area contributed by atoms with Crippen LogP contribution >= 0.6 is 23.2 Å². The molecule has 0 saturated carbocycles. The molecule has 1 fully saturated rings. The summed E-state index contributed by atoms with van der Waals surface area (Å²) in [5.41, 5.74) is 2.17. The van der Waals surface area contributed by atoms with Crippen LogP contribution in [-0.4, -0.2) is 25.3 Å². The first-order chi connectivity index (χ1) is 8.67. The van der Waals surface area contributed by atoms with Crippen molar-refractivity contribution < 1.29 is 4.74 Å². The van der Waals surface area contributed by atoms with Crippen molar-refractivity contribution in [3.05, 3.63) is 28.8 Å². The van der Waals surface area contributed by atoms with Gasteiger partial charge < -0.3 is 9.64 Å². The predicted molar refractivity (Wildman–Crippen MR) is 77.8 cm³/mol. The normalized spacial score (nSPS) is 24.3. The fourth-order valence-corrected chi connectivity index (χ4v) is 2.96. The summed E-state index contributed by atoms with van der Waals surface area (Å²) in [5.74, 6) is 0.484. The number of para-hydroxylation sites is 1. The van der Waals surface area contributed by atoms with Gasteiger partial charge in [0.15, 0.2) is 0 Å². The average Bonchev–Trinajstić information content (AvgIpc) is 2.38. The minimum atomic E-state index is 0.229. The van der Waals surface area contributed by atoms with E-state index < -0.39 is 0 Å². The zero-order valence-electron chi connectivity index (χ0n) is 10.8. The second-order valence-electron chi connectivity index (χ2n) is 4.74. The SMILES string of the molecule is CCC1COC(C)CN1c1c(Cl)cccc1CCl. The Morgan fingerprint density at radius 3 is 2.89 bits per heavy atom. The summed E-state index contributed by atoms with van der Waals surface area (Å²) in [5, 5.41) is 0.778. The molecular formula is C14H19Cl2NO. The molecule has 0 spiro atoms. The van der Waals surface area contributed by atoms with Crippen LogP contribution < -0.4 is 4.90 Å². The highest BCUT2D eigenvalue weighted by atomic mass is 35.5. The summed E-state index contributed by atoms with van der Waals surface area (Å²) in [4.78, 5) is 2.36. The lowest BCUT2D eigenvalue weighted by Gasteiger charge is -2.41. The molecule has 1 saturated heterocycles. The zero-order valence-corrected chi connectivity index (χ0v) is 12.3. The monoisotopic (exact) mass is 287 g/mol. The lowest BCUT2D eigenvalue weighted by molar-refractivity contribution is 0.0299. The van der Waals surface area contributed by atoms with Gasteiger partial charge in [0.1, 0.15) is 0 Å². The van der Waals surface area contributed by atoms with Crippen LogP contribution in [0.25, 0.3) is 0 Å². The second-order valence-corrected chi connectivity index (χ2v) is 5.41. The minimum Gasteiger partial charge on any atom is -0.375 e. The van der Waals surface area contributed by atoms with Crippen molar-refractivity contribution in [2.45, 2.75) is 38.3 Å². The van der Waals surface area contributed by atoms with E-state index in [0.29, 0.717) is 11.9 Å². The Bertz CT molecular complexity index is 411. The van der Waals surface area contributed by atoms with E-state index in [1.54, 1.807) is 0 Å². The third-order valence-electron chi connectivity index (χ3n) is 3.44. The molecule has 0 aliphatic carbocycles. The van der Waals surface area contributed by atoms with Crippen LogP contribution in [0, 0.1) is 0 Å². The van der Waals surface area contributed by atoms with E-state index in [2.05, 4.69) is 18.7 Å². The third kappa shape index (κ3) is 2.76. The highest BCUT2D eigenvalue weighted by Gasteiger charge is 2.28. The molecule has 18 heavy (non-hydrogen) atoms. The first-order valence-corrected chi connectivity index (χ1v) is 7.30. The molecule has 1 heterocycles. The topological polar surface area (TPSA) is 12.5 Å². The Hall–Kier alpha value is -0.440. The number of nitrogens with zero attached hydrogens (tertiary/aromatic N) is 1. The molecule has 1 aromatic rings. The number of halogens is 2. The van der Waals surface area contributed by atoms with Crippen molar-refractivity contribution in [2.75, 3.05) is 18.1 Å². The lowest BCUT2D eigenvalue weighted by Crippen LogP contribution is -2.49. The highest BCUT2D eigenvalue weighted by molar-refractivity contribution is 6.33. The van der Waals surface area contributed by atoms with Crippen LogP contribution in [0.5, 0.6) is 0 Å². The van der Waals surface area contributed by atoms with Crippen LogP contribution in [0.4, 0.5) is 5.69 Å². The molecule has 2 nitrogen and oxygen atoms in total. The van der Waals surface area contributed by atoms with E-state index in [4.69, 9.17) is 27.9 Å². The molecule has 2 rings (SSSR count). The Morgan fingerprint density at radius 2 is 2.22 bits per heavy atom. The van der Waals surface area contributed by atoms with E-state index in [9.17, 15) is 0 Å². The van der Waals surface area contributed by atoms with Gasteiger partial charge in [-0.05, 0) is 25.0 Å². The van der Waals surface area contributed by atoms with Gasteiger partial charge in [0, 0.05) is 12.4 Å². The molecule has 0 N–H and O–H groups in total. The zero-order chi connectivity index (χ0) is 13.1. The largest absolute Gasteiger partial charge is 0.375 e. The number of rotatable bonds is 3. The van der Waals surface area contributed by atoms with Gasteiger partial charge in [-0.15, -0.1) is 11.6 Å². The molecule has 2 unspecified atom stereocenters. The summed E-state index contributed by atoms with van der Waals surface area (Å²) in [6, 6.07) is 6.30. The molecular weight excluding hydrogens is 269 g/mol. The molecule has 0 aromatic heterocycles. The fraction of sp³-hybridized carbons (Fsp3) is 0.571. The van der Waals surface area contributed by atoms with E-state index in [1.165, 1.54) is 0 Å². The maximum atomic E-state index is 6.37. The highest BCUT2D eigenvalue weighted by Crippen LogP contribution is 2.34. The second kappa shape index (κ2) is 6.14. The number of hydrogen-bond acceptors (Lipinski definition) is 2. The maximum Gasteiger partial charge on any atom is 0.0723 e. The van der Waals surface area contributed by atoms with Crippen LogP contribution in [0.2, 0.25) is 5.02 Å². The first-order valence-electron chi connectivity index (χ1n) is 6.39. The number of anilines is 1. The van der Waals surface area contributed by atoms with Gasteiger partial charge in [-0.25, -0.2) is 0 Å². The Balaban J connectivity index is 2.38. The average molecular weight is 288 g/mol. The van der Waals surface area contributed by atoms with E-state index in [0.717, 1.165) is 35.8 Å². The summed E-state index contributed by atoms with van der Waals surface area (Å²) in [6.07, 6.45) is 1.27.